The Morgan fingerprint density at radius 3 is 2.85 bits per heavy atom. The van der Waals surface area contributed by atoms with Crippen LogP contribution < -0.4 is 9.47 Å². The molecule has 0 aliphatic carbocycles. The molecule has 0 saturated carbocycles. The smallest absolute Gasteiger partial charge is 0.231 e. The number of fused-ring (bicyclic) bond motifs is 2. The first-order valence-corrected chi connectivity index (χ1v) is 8.33. The molecular weight excluding hydrogens is 334 g/mol. The van der Waals surface area contributed by atoms with Gasteiger partial charge in [-0.25, -0.2) is 9.50 Å². The van der Waals surface area contributed by atoms with Gasteiger partial charge in [0.05, 0.1) is 19.9 Å². The standard InChI is InChI=1S/C19H19N3O4/c1-23-8-3-9-25-19-7-6-18-20-12-15(22(18)21-19)17-10-13-4-5-14(24-2)11-16(13)26-17/h4-7,10-12H,3,8-9H2,1-2H3. The summed E-state index contributed by atoms with van der Waals surface area (Å²) in [5.74, 6) is 1.97. The summed E-state index contributed by atoms with van der Waals surface area (Å²) in [6.45, 7) is 1.20. The summed E-state index contributed by atoms with van der Waals surface area (Å²) in [6, 6.07) is 11.4. The van der Waals surface area contributed by atoms with E-state index in [1.165, 1.54) is 0 Å². The molecule has 0 fully saturated rings. The minimum absolute atomic E-state index is 0.533. The van der Waals surface area contributed by atoms with Crippen LogP contribution >= 0.6 is 0 Å². The maximum Gasteiger partial charge on any atom is 0.231 e. The summed E-state index contributed by atoms with van der Waals surface area (Å²) < 4.78 is 23.7. The molecule has 26 heavy (non-hydrogen) atoms. The highest BCUT2D eigenvalue weighted by Crippen LogP contribution is 2.30. The van der Waals surface area contributed by atoms with Gasteiger partial charge in [-0.15, -0.1) is 5.10 Å². The fourth-order valence-corrected chi connectivity index (χ4v) is 2.75. The van der Waals surface area contributed by atoms with Gasteiger partial charge in [-0.05, 0) is 24.3 Å². The molecule has 0 aliphatic heterocycles. The van der Waals surface area contributed by atoms with Crippen LogP contribution in [0.5, 0.6) is 11.6 Å². The van der Waals surface area contributed by atoms with Gasteiger partial charge in [0.15, 0.2) is 11.4 Å². The number of benzene rings is 1. The first kappa shape index (κ1) is 16.4. The molecule has 4 rings (SSSR count). The second-order valence-electron chi connectivity index (χ2n) is 5.79. The highest BCUT2D eigenvalue weighted by atomic mass is 16.5. The Kier molecular flexibility index (Phi) is 4.45. The number of rotatable bonds is 7. The molecular formula is C19H19N3O4. The molecule has 134 valence electrons. The lowest BCUT2D eigenvalue weighted by Gasteiger charge is -2.05. The molecule has 0 unspecified atom stereocenters. The fourth-order valence-electron chi connectivity index (χ4n) is 2.75. The molecule has 0 saturated heterocycles. The van der Waals surface area contributed by atoms with Crippen LogP contribution in [-0.2, 0) is 4.74 Å². The van der Waals surface area contributed by atoms with Crippen molar-refractivity contribution >= 4 is 16.6 Å². The molecule has 0 atom stereocenters. The van der Waals surface area contributed by atoms with Crippen molar-refractivity contribution in [2.24, 2.45) is 0 Å². The van der Waals surface area contributed by atoms with Gasteiger partial charge in [0.1, 0.15) is 17.0 Å². The summed E-state index contributed by atoms with van der Waals surface area (Å²) in [4.78, 5) is 4.39. The number of nitrogens with zero attached hydrogens (tertiary/aromatic N) is 3. The first-order valence-electron chi connectivity index (χ1n) is 8.33. The van der Waals surface area contributed by atoms with Crippen LogP contribution in [0, 0.1) is 0 Å². The SMILES string of the molecule is COCCCOc1ccc2ncc(-c3cc4ccc(OC)cc4o3)n2n1. The predicted molar refractivity (Wildman–Crippen MR) is 96.7 cm³/mol. The number of hydrogen-bond donors (Lipinski definition) is 0. The monoisotopic (exact) mass is 353 g/mol. The molecule has 7 heteroatoms. The van der Waals surface area contributed by atoms with Crippen molar-refractivity contribution in [1.82, 2.24) is 14.6 Å². The molecule has 0 N–H and O–H groups in total. The lowest BCUT2D eigenvalue weighted by atomic mass is 10.2. The van der Waals surface area contributed by atoms with Gasteiger partial charge in [0.25, 0.3) is 0 Å². The van der Waals surface area contributed by atoms with Gasteiger partial charge < -0.3 is 18.6 Å². The molecule has 0 radical (unpaired) electrons. The zero-order chi connectivity index (χ0) is 17.9. The number of imidazole rings is 1. The molecule has 0 aliphatic rings. The summed E-state index contributed by atoms with van der Waals surface area (Å²) in [5.41, 5.74) is 2.24. The Hall–Kier alpha value is -3.06. The van der Waals surface area contributed by atoms with E-state index in [0.29, 0.717) is 24.9 Å². The molecule has 0 bridgehead atoms. The normalized spacial score (nSPS) is 11.3. The quantitative estimate of drug-likeness (QED) is 0.473. The topological polar surface area (TPSA) is 71.0 Å². The predicted octanol–water partition coefficient (Wildman–Crippen LogP) is 3.57. The molecule has 3 aromatic heterocycles. The van der Waals surface area contributed by atoms with Crippen LogP contribution in [0.3, 0.4) is 0 Å². The van der Waals surface area contributed by atoms with Crippen molar-refractivity contribution < 1.29 is 18.6 Å². The lowest BCUT2D eigenvalue weighted by molar-refractivity contribution is 0.170. The van der Waals surface area contributed by atoms with Crippen LogP contribution in [0.2, 0.25) is 0 Å². The summed E-state index contributed by atoms with van der Waals surface area (Å²) in [6.07, 6.45) is 2.55. The Balaban J connectivity index is 1.67. The third kappa shape index (κ3) is 3.09. The van der Waals surface area contributed by atoms with Gasteiger partial charge in [0, 0.05) is 37.7 Å². The average Bonchev–Trinajstić information content (AvgIpc) is 3.27. The highest BCUT2D eigenvalue weighted by Gasteiger charge is 2.13. The molecule has 0 amide bonds. The van der Waals surface area contributed by atoms with Crippen molar-refractivity contribution in [3.8, 4) is 23.1 Å². The molecule has 4 aromatic rings. The van der Waals surface area contributed by atoms with Crippen LogP contribution in [-0.4, -0.2) is 42.0 Å². The van der Waals surface area contributed by atoms with E-state index >= 15 is 0 Å². The minimum atomic E-state index is 0.533. The maximum absolute atomic E-state index is 5.98. The average molecular weight is 353 g/mol. The van der Waals surface area contributed by atoms with Gasteiger partial charge in [0.2, 0.25) is 5.88 Å². The molecule has 7 nitrogen and oxygen atoms in total. The highest BCUT2D eigenvalue weighted by molar-refractivity contribution is 5.83. The van der Waals surface area contributed by atoms with Crippen molar-refractivity contribution in [3.05, 3.63) is 42.6 Å². The van der Waals surface area contributed by atoms with Gasteiger partial charge in [-0.2, -0.15) is 0 Å². The zero-order valence-electron chi connectivity index (χ0n) is 14.6. The number of aromatic nitrogens is 3. The summed E-state index contributed by atoms with van der Waals surface area (Å²) in [5, 5.41) is 5.51. The number of methoxy groups -OCH3 is 2. The van der Waals surface area contributed by atoms with Gasteiger partial charge >= 0.3 is 0 Å². The molecule has 0 spiro atoms. The number of furan rings is 1. The van der Waals surface area contributed by atoms with E-state index in [-0.39, 0.29) is 0 Å². The van der Waals surface area contributed by atoms with E-state index in [1.807, 2.05) is 36.4 Å². The van der Waals surface area contributed by atoms with Crippen molar-refractivity contribution in [3.63, 3.8) is 0 Å². The maximum atomic E-state index is 5.98. The Labute approximate surface area is 150 Å². The van der Waals surface area contributed by atoms with E-state index in [9.17, 15) is 0 Å². The third-order valence-corrected chi connectivity index (χ3v) is 4.06. The number of ether oxygens (including phenoxy) is 3. The van der Waals surface area contributed by atoms with E-state index in [2.05, 4.69) is 10.1 Å². The van der Waals surface area contributed by atoms with Crippen molar-refractivity contribution in [1.29, 1.82) is 0 Å². The van der Waals surface area contributed by atoms with E-state index in [4.69, 9.17) is 18.6 Å². The first-order chi connectivity index (χ1) is 12.8. The second kappa shape index (κ2) is 7.05. The van der Waals surface area contributed by atoms with Crippen molar-refractivity contribution in [2.75, 3.05) is 27.4 Å². The Bertz CT molecular complexity index is 1040. The Morgan fingerprint density at radius 2 is 2.00 bits per heavy atom. The van der Waals surface area contributed by atoms with Crippen LogP contribution in [0.25, 0.3) is 28.1 Å². The largest absolute Gasteiger partial charge is 0.497 e. The van der Waals surface area contributed by atoms with E-state index in [1.54, 1.807) is 24.9 Å². The molecule has 1 aromatic carbocycles. The van der Waals surface area contributed by atoms with E-state index in [0.717, 1.165) is 34.5 Å². The second-order valence-corrected chi connectivity index (χ2v) is 5.79. The van der Waals surface area contributed by atoms with Crippen LogP contribution in [0.4, 0.5) is 0 Å². The van der Waals surface area contributed by atoms with Gasteiger partial charge in [-0.1, -0.05) is 0 Å². The fraction of sp³-hybridized carbons (Fsp3) is 0.263. The van der Waals surface area contributed by atoms with Gasteiger partial charge in [-0.3, -0.25) is 0 Å². The summed E-state index contributed by atoms with van der Waals surface area (Å²) in [7, 11) is 3.30. The van der Waals surface area contributed by atoms with E-state index < -0.39 is 0 Å². The summed E-state index contributed by atoms with van der Waals surface area (Å²) >= 11 is 0. The number of hydrogen-bond acceptors (Lipinski definition) is 6. The lowest BCUT2D eigenvalue weighted by Crippen LogP contribution is -2.04. The van der Waals surface area contributed by atoms with Crippen LogP contribution in [0.15, 0.2) is 47.0 Å². The minimum Gasteiger partial charge on any atom is -0.497 e. The zero-order valence-corrected chi connectivity index (χ0v) is 14.6. The van der Waals surface area contributed by atoms with Crippen molar-refractivity contribution in [2.45, 2.75) is 6.42 Å². The van der Waals surface area contributed by atoms with Crippen LogP contribution in [0.1, 0.15) is 6.42 Å². The third-order valence-electron chi connectivity index (χ3n) is 4.06. The Morgan fingerprint density at radius 1 is 1.08 bits per heavy atom. The molecule has 3 heterocycles.